The summed E-state index contributed by atoms with van der Waals surface area (Å²) >= 11 is 0. The van der Waals surface area contributed by atoms with Crippen molar-refractivity contribution >= 4 is 5.78 Å². The van der Waals surface area contributed by atoms with Crippen LogP contribution in [-0.2, 0) is 9.53 Å². The smallest absolute Gasteiger partial charge is 0.140 e. The van der Waals surface area contributed by atoms with Crippen molar-refractivity contribution in [2.45, 2.75) is 58.3 Å². The van der Waals surface area contributed by atoms with Gasteiger partial charge in [0.1, 0.15) is 5.78 Å². The average Bonchev–Trinajstić information content (AvgIpc) is 3.07. The van der Waals surface area contributed by atoms with Gasteiger partial charge in [0.15, 0.2) is 0 Å². The molecule has 0 heterocycles. The fraction of sp³-hybridized carbons (Fsp3) is 0.800. The first-order valence-electron chi connectivity index (χ1n) is 7.07. The zero-order valence-electron chi connectivity index (χ0n) is 11.1. The van der Waals surface area contributed by atoms with E-state index >= 15 is 0 Å². The first-order chi connectivity index (χ1) is 8.27. The van der Waals surface area contributed by atoms with Gasteiger partial charge in [-0.3, -0.25) is 4.79 Å². The quantitative estimate of drug-likeness (QED) is 0.655. The summed E-state index contributed by atoms with van der Waals surface area (Å²) in [6, 6.07) is 0. The van der Waals surface area contributed by atoms with E-state index in [0.29, 0.717) is 11.7 Å². The Morgan fingerprint density at radius 3 is 2.59 bits per heavy atom. The number of hydrogen-bond donors (Lipinski definition) is 0. The molecule has 2 rings (SSSR count). The van der Waals surface area contributed by atoms with Crippen molar-refractivity contribution in [3.63, 3.8) is 0 Å². The van der Waals surface area contributed by atoms with Crippen LogP contribution in [0.5, 0.6) is 0 Å². The summed E-state index contributed by atoms with van der Waals surface area (Å²) in [6.07, 6.45) is 8.83. The predicted octanol–water partition coefficient (Wildman–Crippen LogP) is 3.86. The molecular weight excluding hydrogens is 212 g/mol. The van der Waals surface area contributed by atoms with Crippen molar-refractivity contribution in [1.29, 1.82) is 0 Å². The third-order valence-electron chi connectivity index (χ3n) is 4.01. The number of ketones is 1. The SMILES string of the molecule is CCCC/C(=C(/OC)C1CC1)C1CCCC1=O. The van der Waals surface area contributed by atoms with Crippen LogP contribution >= 0.6 is 0 Å². The van der Waals surface area contributed by atoms with Crippen molar-refractivity contribution in [2.75, 3.05) is 7.11 Å². The largest absolute Gasteiger partial charge is 0.501 e. The molecule has 0 aromatic carbocycles. The summed E-state index contributed by atoms with van der Waals surface area (Å²) in [5, 5.41) is 0. The number of rotatable bonds is 6. The van der Waals surface area contributed by atoms with E-state index in [2.05, 4.69) is 6.92 Å². The van der Waals surface area contributed by atoms with Crippen molar-refractivity contribution in [2.24, 2.45) is 11.8 Å². The Morgan fingerprint density at radius 1 is 1.35 bits per heavy atom. The highest BCUT2D eigenvalue weighted by Gasteiger charge is 2.35. The lowest BCUT2D eigenvalue weighted by Crippen LogP contribution is -2.13. The lowest BCUT2D eigenvalue weighted by Gasteiger charge is -2.18. The highest BCUT2D eigenvalue weighted by atomic mass is 16.5. The highest BCUT2D eigenvalue weighted by Crippen LogP contribution is 2.43. The molecule has 0 aromatic rings. The van der Waals surface area contributed by atoms with Gasteiger partial charge in [-0.05, 0) is 44.1 Å². The Hall–Kier alpha value is -0.790. The number of hydrogen-bond acceptors (Lipinski definition) is 2. The number of Topliss-reactive ketones (excluding diaryl/α,β-unsaturated/α-hetero) is 1. The van der Waals surface area contributed by atoms with Gasteiger partial charge in [0.2, 0.25) is 0 Å². The molecular formula is C15H24O2. The summed E-state index contributed by atoms with van der Waals surface area (Å²) in [6.45, 7) is 2.21. The third kappa shape index (κ3) is 2.91. The molecule has 17 heavy (non-hydrogen) atoms. The number of unbranched alkanes of at least 4 members (excludes halogenated alkanes) is 1. The zero-order valence-corrected chi connectivity index (χ0v) is 11.1. The minimum Gasteiger partial charge on any atom is -0.501 e. The number of carbonyl (C=O) groups excluding carboxylic acids is 1. The van der Waals surface area contributed by atoms with E-state index in [9.17, 15) is 4.79 Å². The maximum absolute atomic E-state index is 12.0. The number of ether oxygens (including phenoxy) is 1. The summed E-state index contributed by atoms with van der Waals surface area (Å²) in [5.74, 6) is 2.43. The van der Waals surface area contributed by atoms with Crippen LogP contribution in [0.2, 0.25) is 0 Å². The topological polar surface area (TPSA) is 26.3 Å². The molecule has 1 unspecified atom stereocenters. The molecule has 2 fully saturated rings. The van der Waals surface area contributed by atoms with Gasteiger partial charge < -0.3 is 4.74 Å². The summed E-state index contributed by atoms with van der Waals surface area (Å²) in [4.78, 5) is 12.0. The number of carbonyl (C=O) groups is 1. The summed E-state index contributed by atoms with van der Waals surface area (Å²) < 4.78 is 5.62. The van der Waals surface area contributed by atoms with E-state index in [4.69, 9.17) is 4.74 Å². The van der Waals surface area contributed by atoms with E-state index in [0.717, 1.165) is 25.7 Å². The molecule has 0 spiro atoms. The first-order valence-corrected chi connectivity index (χ1v) is 7.07. The average molecular weight is 236 g/mol. The normalized spacial score (nSPS) is 26.0. The molecule has 0 radical (unpaired) electrons. The van der Waals surface area contributed by atoms with Crippen LogP contribution in [0, 0.1) is 11.8 Å². The minimum absolute atomic E-state index is 0.192. The second-order valence-electron chi connectivity index (χ2n) is 5.38. The van der Waals surface area contributed by atoms with Gasteiger partial charge in [0.25, 0.3) is 0 Å². The van der Waals surface area contributed by atoms with E-state index in [1.165, 1.54) is 37.0 Å². The lowest BCUT2D eigenvalue weighted by molar-refractivity contribution is -0.119. The molecule has 2 aliphatic rings. The van der Waals surface area contributed by atoms with Crippen LogP contribution in [0.1, 0.15) is 58.3 Å². The van der Waals surface area contributed by atoms with Crippen molar-refractivity contribution < 1.29 is 9.53 Å². The van der Waals surface area contributed by atoms with Gasteiger partial charge in [-0.2, -0.15) is 0 Å². The predicted molar refractivity (Wildman–Crippen MR) is 68.6 cm³/mol. The molecule has 0 amide bonds. The number of allylic oxidation sites excluding steroid dienone is 2. The van der Waals surface area contributed by atoms with Gasteiger partial charge in [0, 0.05) is 18.3 Å². The standard InChI is InChI=1S/C15H24O2/c1-3-4-6-13(12-7-5-8-14(12)16)15(17-2)11-9-10-11/h11-12H,3-10H2,1-2H3/b15-13-. The summed E-state index contributed by atoms with van der Waals surface area (Å²) in [5.41, 5.74) is 1.35. The Morgan fingerprint density at radius 2 is 2.12 bits per heavy atom. The molecule has 2 saturated carbocycles. The fourth-order valence-corrected chi connectivity index (χ4v) is 2.93. The molecule has 0 N–H and O–H groups in total. The molecule has 2 nitrogen and oxygen atoms in total. The van der Waals surface area contributed by atoms with Crippen molar-refractivity contribution in [1.82, 2.24) is 0 Å². The molecule has 1 atom stereocenters. The molecule has 0 saturated heterocycles. The second kappa shape index (κ2) is 5.70. The van der Waals surface area contributed by atoms with Gasteiger partial charge >= 0.3 is 0 Å². The molecule has 2 heteroatoms. The molecule has 0 aromatic heterocycles. The molecule has 0 aliphatic heterocycles. The minimum atomic E-state index is 0.192. The van der Waals surface area contributed by atoms with E-state index in [-0.39, 0.29) is 5.92 Å². The van der Waals surface area contributed by atoms with Crippen LogP contribution in [-0.4, -0.2) is 12.9 Å². The Bertz CT molecular complexity index is 313. The number of methoxy groups -OCH3 is 1. The Labute approximate surface area is 104 Å². The van der Waals surface area contributed by atoms with Crippen molar-refractivity contribution in [3.05, 3.63) is 11.3 Å². The highest BCUT2D eigenvalue weighted by molar-refractivity contribution is 5.85. The first kappa shape index (κ1) is 12.7. The van der Waals surface area contributed by atoms with E-state index in [1.54, 1.807) is 7.11 Å². The Kier molecular flexibility index (Phi) is 4.25. The van der Waals surface area contributed by atoms with Gasteiger partial charge in [-0.1, -0.05) is 13.3 Å². The molecule has 96 valence electrons. The maximum atomic E-state index is 12.0. The van der Waals surface area contributed by atoms with Gasteiger partial charge in [-0.25, -0.2) is 0 Å². The van der Waals surface area contributed by atoms with Gasteiger partial charge in [0.05, 0.1) is 12.9 Å². The second-order valence-corrected chi connectivity index (χ2v) is 5.38. The fourth-order valence-electron chi connectivity index (χ4n) is 2.93. The maximum Gasteiger partial charge on any atom is 0.140 e. The van der Waals surface area contributed by atoms with Crippen LogP contribution in [0.3, 0.4) is 0 Å². The lowest BCUT2D eigenvalue weighted by atomic mass is 9.90. The van der Waals surface area contributed by atoms with Crippen LogP contribution < -0.4 is 0 Å². The van der Waals surface area contributed by atoms with Crippen LogP contribution in [0.4, 0.5) is 0 Å². The van der Waals surface area contributed by atoms with Crippen LogP contribution in [0.25, 0.3) is 0 Å². The zero-order chi connectivity index (χ0) is 12.3. The monoisotopic (exact) mass is 236 g/mol. The summed E-state index contributed by atoms with van der Waals surface area (Å²) in [7, 11) is 1.78. The van der Waals surface area contributed by atoms with Crippen molar-refractivity contribution in [3.8, 4) is 0 Å². The van der Waals surface area contributed by atoms with E-state index in [1.807, 2.05) is 0 Å². The van der Waals surface area contributed by atoms with E-state index < -0.39 is 0 Å². The van der Waals surface area contributed by atoms with Crippen LogP contribution in [0.15, 0.2) is 11.3 Å². The Balaban J connectivity index is 2.18. The molecule has 2 aliphatic carbocycles. The third-order valence-corrected chi connectivity index (χ3v) is 4.01. The van der Waals surface area contributed by atoms with Gasteiger partial charge in [-0.15, -0.1) is 0 Å². The molecule has 0 bridgehead atoms.